The molecule has 1 saturated heterocycles. The van der Waals surface area contributed by atoms with Crippen molar-refractivity contribution in [1.29, 1.82) is 0 Å². The fraction of sp³-hybridized carbons (Fsp3) is 0.462. The van der Waals surface area contributed by atoms with Crippen molar-refractivity contribution in [3.8, 4) is 0 Å². The number of amides is 2. The first kappa shape index (κ1) is 15.7. The Bertz CT molecular complexity index is 595. The number of sulfonamides is 1. The van der Waals surface area contributed by atoms with E-state index in [9.17, 15) is 13.2 Å². The summed E-state index contributed by atoms with van der Waals surface area (Å²) in [6, 6.07) is 6.04. The standard InChI is InChI=1S/C13H19N3O4S/c14-21(18,19)12-4-1-3-11(9-12)10-15-13(17)16-5-2-7-20-8-6-16/h1,3-4,9H,2,5-8,10H2,(H,15,17)(H2,14,18,19). The molecule has 116 valence electrons. The molecule has 0 saturated carbocycles. The summed E-state index contributed by atoms with van der Waals surface area (Å²) in [7, 11) is -3.73. The fourth-order valence-corrected chi connectivity index (χ4v) is 2.65. The van der Waals surface area contributed by atoms with Crippen molar-refractivity contribution < 1.29 is 17.9 Å². The molecule has 1 aliphatic rings. The van der Waals surface area contributed by atoms with Gasteiger partial charge in [0, 0.05) is 26.2 Å². The molecule has 2 amide bonds. The van der Waals surface area contributed by atoms with Gasteiger partial charge in [0.15, 0.2) is 0 Å². The summed E-state index contributed by atoms with van der Waals surface area (Å²) in [5.41, 5.74) is 0.681. The van der Waals surface area contributed by atoms with E-state index in [-0.39, 0.29) is 17.5 Å². The predicted octanol–water partition coefficient (Wildman–Crippen LogP) is 0.266. The average molecular weight is 313 g/mol. The van der Waals surface area contributed by atoms with Gasteiger partial charge in [0.25, 0.3) is 0 Å². The topological polar surface area (TPSA) is 102 Å². The number of urea groups is 1. The van der Waals surface area contributed by atoms with Crippen molar-refractivity contribution in [3.63, 3.8) is 0 Å². The second-order valence-electron chi connectivity index (χ2n) is 4.80. The molecule has 2 rings (SSSR count). The number of ether oxygens (including phenoxy) is 1. The van der Waals surface area contributed by atoms with Gasteiger partial charge in [-0.15, -0.1) is 0 Å². The quantitative estimate of drug-likeness (QED) is 0.836. The molecule has 0 atom stereocenters. The normalized spacial score (nSPS) is 16.3. The molecule has 1 aliphatic heterocycles. The molecule has 1 aromatic rings. The molecule has 3 N–H and O–H groups in total. The average Bonchev–Trinajstić information content (AvgIpc) is 2.73. The Morgan fingerprint density at radius 2 is 2.14 bits per heavy atom. The predicted molar refractivity (Wildman–Crippen MR) is 77.1 cm³/mol. The summed E-state index contributed by atoms with van der Waals surface area (Å²) in [4.78, 5) is 13.8. The zero-order chi connectivity index (χ0) is 15.3. The number of nitrogens with zero attached hydrogens (tertiary/aromatic N) is 1. The molecule has 1 aromatic carbocycles. The Kier molecular flexibility index (Phi) is 5.16. The summed E-state index contributed by atoms with van der Waals surface area (Å²) in [5.74, 6) is 0. The van der Waals surface area contributed by atoms with E-state index in [1.165, 1.54) is 12.1 Å². The van der Waals surface area contributed by atoms with Crippen LogP contribution in [0.25, 0.3) is 0 Å². The number of hydrogen-bond acceptors (Lipinski definition) is 4. The maximum atomic E-state index is 12.0. The minimum Gasteiger partial charge on any atom is -0.380 e. The van der Waals surface area contributed by atoms with Crippen LogP contribution in [0.2, 0.25) is 0 Å². The molecule has 0 unspecified atom stereocenters. The largest absolute Gasteiger partial charge is 0.380 e. The molecule has 0 aliphatic carbocycles. The van der Waals surface area contributed by atoms with E-state index in [2.05, 4.69) is 5.32 Å². The first-order valence-electron chi connectivity index (χ1n) is 6.69. The van der Waals surface area contributed by atoms with Crippen LogP contribution >= 0.6 is 0 Å². The van der Waals surface area contributed by atoms with E-state index in [1.54, 1.807) is 17.0 Å². The van der Waals surface area contributed by atoms with Gasteiger partial charge in [0.1, 0.15) is 0 Å². The minimum absolute atomic E-state index is 0.0393. The third kappa shape index (κ3) is 4.69. The van der Waals surface area contributed by atoms with Gasteiger partial charge in [0.05, 0.1) is 11.5 Å². The Hall–Kier alpha value is -1.64. The second kappa shape index (κ2) is 6.88. The highest BCUT2D eigenvalue weighted by atomic mass is 32.2. The van der Waals surface area contributed by atoms with Crippen molar-refractivity contribution in [3.05, 3.63) is 29.8 Å². The Labute approximate surface area is 124 Å². The van der Waals surface area contributed by atoms with Crippen LogP contribution < -0.4 is 10.5 Å². The molecule has 0 bridgehead atoms. The van der Waals surface area contributed by atoms with Crippen molar-refractivity contribution in [2.24, 2.45) is 5.14 Å². The molecular formula is C13H19N3O4S. The maximum absolute atomic E-state index is 12.0. The molecule has 0 radical (unpaired) electrons. The van der Waals surface area contributed by atoms with Crippen LogP contribution in [-0.4, -0.2) is 45.7 Å². The monoisotopic (exact) mass is 313 g/mol. The van der Waals surface area contributed by atoms with Gasteiger partial charge in [-0.25, -0.2) is 18.4 Å². The zero-order valence-electron chi connectivity index (χ0n) is 11.6. The van der Waals surface area contributed by atoms with Crippen LogP contribution in [0.4, 0.5) is 4.79 Å². The SMILES string of the molecule is NS(=O)(=O)c1cccc(CNC(=O)N2CCCOCC2)c1. The molecule has 1 heterocycles. The van der Waals surface area contributed by atoms with E-state index < -0.39 is 10.0 Å². The van der Waals surface area contributed by atoms with Crippen molar-refractivity contribution >= 4 is 16.1 Å². The minimum atomic E-state index is -3.73. The highest BCUT2D eigenvalue weighted by molar-refractivity contribution is 7.89. The first-order chi connectivity index (χ1) is 9.97. The Morgan fingerprint density at radius 3 is 2.90 bits per heavy atom. The Morgan fingerprint density at radius 1 is 1.33 bits per heavy atom. The maximum Gasteiger partial charge on any atom is 0.317 e. The number of nitrogens with two attached hydrogens (primary N) is 1. The van der Waals surface area contributed by atoms with Crippen LogP contribution in [0.5, 0.6) is 0 Å². The lowest BCUT2D eigenvalue weighted by Crippen LogP contribution is -2.40. The third-order valence-corrected chi connectivity index (χ3v) is 4.09. The highest BCUT2D eigenvalue weighted by Crippen LogP contribution is 2.10. The van der Waals surface area contributed by atoms with Crippen molar-refractivity contribution in [2.75, 3.05) is 26.3 Å². The third-order valence-electron chi connectivity index (χ3n) is 3.18. The summed E-state index contributed by atoms with van der Waals surface area (Å²) >= 11 is 0. The van der Waals surface area contributed by atoms with E-state index in [1.807, 2.05) is 0 Å². The van der Waals surface area contributed by atoms with E-state index in [0.29, 0.717) is 31.9 Å². The number of nitrogens with one attached hydrogen (secondary N) is 1. The van der Waals surface area contributed by atoms with E-state index >= 15 is 0 Å². The van der Waals surface area contributed by atoms with Gasteiger partial charge >= 0.3 is 6.03 Å². The zero-order valence-corrected chi connectivity index (χ0v) is 12.4. The van der Waals surface area contributed by atoms with Crippen LogP contribution in [0.15, 0.2) is 29.2 Å². The van der Waals surface area contributed by atoms with Gasteiger partial charge in [-0.05, 0) is 24.1 Å². The lowest BCUT2D eigenvalue weighted by atomic mass is 10.2. The van der Waals surface area contributed by atoms with Gasteiger partial charge in [0.2, 0.25) is 10.0 Å². The van der Waals surface area contributed by atoms with E-state index in [4.69, 9.17) is 9.88 Å². The molecule has 1 fully saturated rings. The number of primary sulfonamides is 1. The summed E-state index contributed by atoms with van der Waals surface area (Å²) in [6.45, 7) is 2.67. The molecule has 0 aromatic heterocycles. The lowest BCUT2D eigenvalue weighted by molar-refractivity contribution is 0.142. The molecule has 8 heteroatoms. The Balaban J connectivity index is 1.94. The molecule has 0 spiro atoms. The van der Waals surface area contributed by atoms with Crippen LogP contribution in [0, 0.1) is 0 Å². The van der Waals surface area contributed by atoms with E-state index in [0.717, 1.165) is 6.42 Å². The number of carbonyl (C=O) groups excluding carboxylic acids is 1. The van der Waals surface area contributed by atoms with Gasteiger partial charge in [-0.2, -0.15) is 0 Å². The molecule has 7 nitrogen and oxygen atoms in total. The fourth-order valence-electron chi connectivity index (χ4n) is 2.07. The highest BCUT2D eigenvalue weighted by Gasteiger charge is 2.15. The first-order valence-corrected chi connectivity index (χ1v) is 8.24. The van der Waals surface area contributed by atoms with Crippen LogP contribution in [0.1, 0.15) is 12.0 Å². The number of benzene rings is 1. The number of hydrogen-bond donors (Lipinski definition) is 2. The van der Waals surface area contributed by atoms with Crippen molar-refractivity contribution in [2.45, 2.75) is 17.9 Å². The summed E-state index contributed by atoms with van der Waals surface area (Å²) in [6.07, 6.45) is 0.814. The summed E-state index contributed by atoms with van der Waals surface area (Å²) < 4.78 is 27.8. The second-order valence-corrected chi connectivity index (χ2v) is 6.37. The number of carbonyl (C=O) groups is 1. The molecular weight excluding hydrogens is 294 g/mol. The van der Waals surface area contributed by atoms with Crippen LogP contribution in [-0.2, 0) is 21.3 Å². The van der Waals surface area contributed by atoms with Crippen LogP contribution in [0.3, 0.4) is 0 Å². The van der Waals surface area contributed by atoms with Gasteiger partial charge in [-0.3, -0.25) is 0 Å². The smallest absolute Gasteiger partial charge is 0.317 e. The lowest BCUT2D eigenvalue weighted by Gasteiger charge is -2.20. The summed E-state index contributed by atoms with van der Waals surface area (Å²) in [5, 5.41) is 7.85. The number of rotatable bonds is 3. The molecule has 21 heavy (non-hydrogen) atoms. The van der Waals surface area contributed by atoms with Gasteiger partial charge in [-0.1, -0.05) is 12.1 Å². The van der Waals surface area contributed by atoms with Gasteiger partial charge < -0.3 is 15.0 Å². The van der Waals surface area contributed by atoms with Crippen molar-refractivity contribution in [1.82, 2.24) is 10.2 Å².